The third kappa shape index (κ3) is 3.84. The second kappa shape index (κ2) is 6.90. The molecule has 0 bridgehead atoms. The monoisotopic (exact) mass is 372 g/mol. The number of piperidine rings is 1. The van der Waals surface area contributed by atoms with Crippen LogP contribution in [0.2, 0.25) is 5.02 Å². The van der Waals surface area contributed by atoms with Gasteiger partial charge in [0.05, 0.1) is 5.75 Å². The number of nitrogens with one attached hydrogen (secondary N) is 1. The van der Waals surface area contributed by atoms with Crippen molar-refractivity contribution in [3.8, 4) is 5.75 Å². The quantitative estimate of drug-likeness (QED) is 0.870. The predicted molar refractivity (Wildman–Crippen MR) is 91.8 cm³/mol. The lowest BCUT2D eigenvalue weighted by molar-refractivity contribution is -0.139. The van der Waals surface area contributed by atoms with Crippen LogP contribution in [0.3, 0.4) is 0 Å². The molecular formula is C16H21ClN2O4S. The van der Waals surface area contributed by atoms with Gasteiger partial charge < -0.3 is 9.64 Å². The fourth-order valence-electron chi connectivity index (χ4n) is 3.17. The summed E-state index contributed by atoms with van der Waals surface area (Å²) >= 11 is 5.98. The molecule has 0 saturated carbocycles. The Morgan fingerprint density at radius 1 is 1.46 bits per heavy atom. The van der Waals surface area contributed by atoms with E-state index >= 15 is 0 Å². The number of sulfonamides is 1. The van der Waals surface area contributed by atoms with Crippen LogP contribution in [0.5, 0.6) is 5.75 Å². The summed E-state index contributed by atoms with van der Waals surface area (Å²) in [5, 5.41) is 0.623. The number of benzene rings is 1. The number of ether oxygens (including phenoxy) is 1. The fraction of sp³-hybridized carbons (Fsp3) is 0.562. The Morgan fingerprint density at radius 3 is 3.00 bits per heavy atom. The molecule has 0 aromatic heterocycles. The normalized spacial score (nSPS) is 23.7. The molecule has 0 unspecified atom stereocenters. The molecule has 1 fully saturated rings. The highest BCUT2D eigenvalue weighted by Crippen LogP contribution is 2.32. The van der Waals surface area contributed by atoms with Crippen molar-refractivity contribution in [2.75, 3.05) is 18.8 Å². The Bertz CT molecular complexity index is 738. The van der Waals surface area contributed by atoms with Gasteiger partial charge in [-0.2, -0.15) is 0 Å². The standard InChI is InChI=1S/C16H21ClN2O4S/c1-2-24(21,22)18-13-4-3-7-19(10-13)16(20)15-9-11-8-12(17)5-6-14(11)23-15/h5-6,8,13,15,18H,2-4,7,9-10H2,1H3/t13-,15+/m1/s1. The van der Waals surface area contributed by atoms with E-state index in [0.717, 1.165) is 18.4 Å². The summed E-state index contributed by atoms with van der Waals surface area (Å²) in [7, 11) is -3.27. The second-order valence-corrected chi connectivity index (χ2v) is 8.69. The zero-order chi connectivity index (χ0) is 17.3. The highest BCUT2D eigenvalue weighted by Gasteiger charge is 2.35. The molecule has 2 aliphatic rings. The van der Waals surface area contributed by atoms with Gasteiger partial charge in [0.25, 0.3) is 5.91 Å². The van der Waals surface area contributed by atoms with E-state index in [9.17, 15) is 13.2 Å². The van der Waals surface area contributed by atoms with Crippen LogP contribution >= 0.6 is 11.6 Å². The molecule has 2 aliphatic heterocycles. The Morgan fingerprint density at radius 2 is 2.25 bits per heavy atom. The maximum absolute atomic E-state index is 12.7. The van der Waals surface area contributed by atoms with E-state index in [4.69, 9.17) is 16.3 Å². The van der Waals surface area contributed by atoms with Gasteiger partial charge in [-0.3, -0.25) is 4.79 Å². The minimum absolute atomic E-state index is 0.0409. The van der Waals surface area contributed by atoms with Gasteiger partial charge in [-0.25, -0.2) is 13.1 Å². The fourth-order valence-corrected chi connectivity index (χ4v) is 4.23. The van der Waals surface area contributed by atoms with Crippen molar-refractivity contribution in [1.29, 1.82) is 0 Å². The summed E-state index contributed by atoms with van der Waals surface area (Å²) in [6, 6.07) is 5.10. The molecule has 6 nitrogen and oxygen atoms in total. The van der Waals surface area contributed by atoms with Crippen molar-refractivity contribution in [3.05, 3.63) is 28.8 Å². The molecule has 2 atom stereocenters. The van der Waals surface area contributed by atoms with E-state index in [1.165, 1.54) is 0 Å². The Labute approximate surface area is 147 Å². The van der Waals surface area contributed by atoms with Gasteiger partial charge in [-0.1, -0.05) is 11.6 Å². The molecule has 1 aromatic rings. The number of nitrogens with zero attached hydrogens (tertiary/aromatic N) is 1. The lowest BCUT2D eigenvalue weighted by atomic mass is 10.0. The van der Waals surface area contributed by atoms with Crippen LogP contribution in [0, 0.1) is 0 Å². The number of amides is 1. The van der Waals surface area contributed by atoms with Crippen LogP contribution in [0.1, 0.15) is 25.3 Å². The second-order valence-electron chi connectivity index (χ2n) is 6.21. The number of carbonyl (C=O) groups excluding carboxylic acids is 1. The smallest absolute Gasteiger partial charge is 0.264 e. The van der Waals surface area contributed by atoms with Gasteiger partial charge in [-0.15, -0.1) is 0 Å². The van der Waals surface area contributed by atoms with E-state index < -0.39 is 16.1 Å². The minimum Gasteiger partial charge on any atom is -0.480 e. The summed E-state index contributed by atoms with van der Waals surface area (Å²) < 4.78 is 31.9. The van der Waals surface area contributed by atoms with Gasteiger partial charge in [0, 0.05) is 30.6 Å². The molecule has 1 amide bonds. The molecule has 0 spiro atoms. The SMILES string of the molecule is CCS(=O)(=O)N[C@@H]1CCCN(C(=O)[C@@H]2Cc3cc(Cl)ccc3O2)C1. The van der Waals surface area contributed by atoms with Crippen molar-refractivity contribution in [3.63, 3.8) is 0 Å². The zero-order valence-corrected chi connectivity index (χ0v) is 15.1. The van der Waals surface area contributed by atoms with Crippen molar-refractivity contribution in [2.45, 2.75) is 38.3 Å². The molecular weight excluding hydrogens is 352 g/mol. The van der Waals surface area contributed by atoms with Gasteiger partial charge in [0.1, 0.15) is 5.75 Å². The highest BCUT2D eigenvalue weighted by atomic mass is 35.5. The van der Waals surface area contributed by atoms with Crippen molar-refractivity contribution < 1.29 is 17.9 Å². The van der Waals surface area contributed by atoms with Crippen LogP contribution in [-0.2, 0) is 21.2 Å². The molecule has 8 heteroatoms. The molecule has 0 aliphatic carbocycles. The summed E-state index contributed by atoms with van der Waals surface area (Å²) in [5.74, 6) is 0.639. The molecule has 0 radical (unpaired) electrons. The van der Waals surface area contributed by atoms with Crippen molar-refractivity contribution in [2.24, 2.45) is 0 Å². The van der Waals surface area contributed by atoms with Crippen LogP contribution in [-0.4, -0.2) is 50.2 Å². The molecule has 1 saturated heterocycles. The summed E-state index contributed by atoms with van der Waals surface area (Å²) in [6.07, 6.45) is 1.45. The lowest BCUT2D eigenvalue weighted by Crippen LogP contribution is -2.52. The minimum atomic E-state index is -3.27. The largest absolute Gasteiger partial charge is 0.480 e. The van der Waals surface area contributed by atoms with Crippen LogP contribution in [0.15, 0.2) is 18.2 Å². The van der Waals surface area contributed by atoms with Gasteiger partial charge in [0.15, 0.2) is 6.10 Å². The number of hydrogen-bond donors (Lipinski definition) is 1. The Balaban J connectivity index is 1.63. The number of carbonyl (C=O) groups is 1. The van der Waals surface area contributed by atoms with Crippen LogP contribution in [0.25, 0.3) is 0 Å². The van der Waals surface area contributed by atoms with Crippen molar-refractivity contribution in [1.82, 2.24) is 9.62 Å². The first-order chi connectivity index (χ1) is 11.4. The number of halogens is 1. The molecule has 2 heterocycles. The third-order valence-electron chi connectivity index (χ3n) is 4.43. The van der Waals surface area contributed by atoms with Crippen LogP contribution in [0.4, 0.5) is 0 Å². The zero-order valence-electron chi connectivity index (χ0n) is 13.5. The van der Waals surface area contributed by atoms with Crippen molar-refractivity contribution >= 4 is 27.5 Å². The van der Waals surface area contributed by atoms with E-state index in [1.807, 2.05) is 6.07 Å². The molecule has 132 valence electrons. The molecule has 3 rings (SSSR count). The first-order valence-corrected chi connectivity index (χ1v) is 10.1. The van der Waals surface area contributed by atoms with Gasteiger partial charge in [-0.05, 0) is 43.5 Å². The maximum atomic E-state index is 12.7. The Hall–Kier alpha value is -1.31. The summed E-state index contributed by atoms with van der Waals surface area (Å²) in [6.45, 7) is 2.61. The first kappa shape index (κ1) is 17.5. The number of fused-ring (bicyclic) bond motifs is 1. The van der Waals surface area contributed by atoms with Gasteiger partial charge >= 0.3 is 0 Å². The van der Waals surface area contributed by atoms with E-state index in [1.54, 1.807) is 24.0 Å². The molecule has 1 aromatic carbocycles. The van der Waals surface area contributed by atoms with E-state index in [2.05, 4.69) is 4.72 Å². The summed E-state index contributed by atoms with van der Waals surface area (Å²) in [5.41, 5.74) is 0.932. The van der Waals surface area contributed by atoms with E-state index in [-0.39, 0.29) is 17.7 Å². The molecule has 1 N–H and O–H groups in total. The number of likely N-dealkylation sites (tertiary alicyclic amines) is 1. The van der Waals surface area contributed by atoms with Crippen LogP contribution < -0.4 is 9.46 Å². The predicted octanol–water partition coefficient (Wildman–Crippen LogP) is 1.57. The topological polar surface area (TPSA) is 75.7 Å². The van der Waals surface area contributed by atoms with Gasteiger partial charge in [0.2, 0.25) is 10.0 Å². The average molecular weight is 373 g/mol. The summed E-state index contributed by atoms with van der Waals surface area (Å²) in [4.78, 5) is 14.4. The lowest BCUT2D eigenvalue weighted by Gasteiger charge is -2.34. The number of rotatable bonds is 4. The first-order valence-electron chi connectivity index (χ1n) is 8.12. The maximum Gasteiger partial charge on any atom is 0.264 e. The highest BCUT2D eigenvalue weighted by molar-refractivity contribution is 7.89. The Kier molecular flexibility index (Phi) is 5.03. The number of hydrogen-bond acceptors (Lipinski definition) is 4. The molecule has 24 heavy (non-hydrogen) atoms. The average Bonchev–Trinajstić information content (AvgIpc) is 2.97. The third-order valence-corrected chi connectivity index (χ3v) is 6.12. The van der Waals surface area contributed by atoms with E-state index in [0.29, 0.717) is 30.3 Å².